The number of hydrogen-bond donors (Lipinski definition) is 2. The van der Waals surface area contributed by atoms with E-state index < -0.39 is 0 Å². The number of alkyl halides is 1. The first kappa shape index (κ1) is 15.1. The average Bonchev–Trinajstić information content (AvgIpc) is 2.40. The summed E-state index contributed by atoms with van der Waals surface area (Å²) < 4.78 is 0. The standard InChI is InChI=1S/C16H26ClNO/c17-15-9-7-13(8-10-15)11-18-16-6-4-2-1-3-5-14(16)12-19/h7-9,14-16,18-19H,1-6,10-12H2. The molecule has 0 aromatic heterocycles. The van der Waals surface area contributed by atoms with Gasteiger partial charge in [-0.05, 0) is 30.8 Å². The van der Waals surface area contributed by atoms with Crippen molar-refractivity contribution in [2.45, 2.75) is 56.4 Å². The van der Waals surface area contributed by atoms with Crippen molar-refractivity contribution in [2.75, 3.05) is 13.2 Å². The lowest BCUT2D eigenvalue weighted by atomic mass is 9.87. The van der Waals surface area contributed by atoms with Crippen LogP contribution in [-0.2, 0) is 0 Å². The predicted molar refractivity (Wildman–Crippen MR) is 81.5 cm³/mol. The van der Waals surface area contributed by atoms with E-state index in [1.165, 1.54) is 37.7 Å². The molecule has 2 aliphatic carbocycles. The van der Waals surface area contributed by atoms with E-state index in [-0.39, 0.29) is 5.38 Å². The van der Waals surface area contributed by atoms with E-state index in [1.807, 2.05) is 0 Å². The molecule has 0 amide bonds. The van der Waals surface area contributed by atoms with E-state index in [0.717, 1.165) is 19.4 Å². The fraction of sp³-hybridized carbons (Fsp3) is 0.750. The molecule has 0 aliphatic heterocycles. The Morgan fingerprint density at radius 2 is 2.00 bits per heavy atom. The second-order valence-corrected chi connectivity index (χ2v) is 6.37. The van der Waals surface area contributed by atoms with E-state index in [0.29, 0.717) is 18.6 Å². The van der Waals surface area contributed by atoms with Gasteiger partial charge in [0.1, 0.15) is 0 Å². The Morgan fingerprint density at radius 3 is 2.68 bits per heavy atom. The van der Waals surface area contributed by atoms with Crippen LogP contribution in [0.4, 0.5) is 0 Å². The molecule has 2 N–H and O–H groups in total. The molecule has 2 aliphatic rings. The van der Waals surface area contributed by atoms with Crippen LogP contribution in [0.1, 0.15) is 44.9 Å². The van der Waals surface area contributed by atoms with Crippen molar-refractivity contribution in [3.8, 4) is 0 Å². The quantitative estimate of drug-likeness (QED) is 0.775. The Labute approximate surface area is 121 Å². The number of nitrogens with one attached hydrogen (secondary N) is 1. The zero-order valence-corrected chi connectivity index (χ0v) is 12.4. The molecular weight excluding hydrogens is 258 g/mol. The Hall–Kier alpha value is -0.310. The maximum absolute atomic E-state index is 9.56. The molecule has 0 saturated heterocycles. The lowest BCUT2D eigenvalue weighted by Gasteiger charge is -2.29. The monoisotopic (exact) mass is 283 g/mol. The number of allylic oxidation sites excluding steroid dienone is 2. The minimum absolute atomic E-state index is 0.162. The lowest BCUT2D eigenvalue weighted by Crippen LogP contribution is -2.39. The van der Waals surface area contributed by atoms with E-state index in [9.17, 15) is 5.11 Å². The third-order valence-electron chi connectivity index (χ3n) is 4.34. The van der Waals surface area contributed by atoms with Gasteiger partial charge in [0, 0.05) is 19.2 Å². The molecule has 2 nitrogen and oxygen atoms in total. The number of aliphatic hydroxyl groups is 1. The van der Waals surface area contributed by atoms with Gasteiger partial charge < -0.3 is 10.4 Å². The Bertz CT molecular complexity index is 327. The first-order chi connectivity index (χ1) is 9.29. The summed E-state index contributed by atoms with van der Waals surface area (Å²) in [6, 6.07) is 0.466. The molecule has 0 bridgehead atoms. The molecule has 1 fully saturated rings. The van der Waals surface area contributed by atoms with Crippen LogP contribution in [0.2, 0.25) is 0 Å². The highest BCUT2D eigenvalue weighted by Gasteiger charge is 2.21. The highest BCUT2D eigenvalue weighted by atomic mass is 35.5. The molecule has 108 valence electrons. The van der Waals surface area contributed by atoms with Gasteiger partial charge in [0.15, 0.2) is 0 Å². The van der Waals surface area contributed by atoms with Crippen molar-refractivity contribution in [3.05, 3.63) is 23.8 Å². The topological polar surface area (TPSA) is 32.3 Å². The van der Waals surface area contributed by atoms with Crippen molar-refractivity contribution in [3.63, 3.8) is 0 Å². The van der Waals surface area contributed by atoms with Gasteiger partial charge >= 0.3 is 0 Å². The van der Waals surface area contributed by atoms with E-state index >= 15 is 0 Å². The third kappa shape index (κ3) is 4.94. The first-order valence-corrected chi connectivity index (χ1v) is 8.09. The SMILES string of the molecule is OCC1CCCCCCC1NCC1=CCC(Cl)C=C1. The van der Waals surface area contributed by atoms with E-state index in [4.69, 9.17) is 11.6 Å². The molecule has 3 unspecified atom stereocenters. The normalized spacial score (nSPS) is 32.5. The molecule has 0 aromatic rings. The molecule has 3 atom stereocenters. The van der Waals surface area contributed by atoms with Crippen LogP contribution < -0.4 is 5.32 Å². The lowest BCUT2D eigenvalue weighted by molar-refractivity contribution is 0.167. The summed E-state index contributed by atoms with van der Waals surface area (Å²) in [5.74, 6) is 0.425. The number of aliphatic hydroxyl groups excluding tert-OH is 1. The summed E-state index contributed by atoms with van der Waals surface area (Å²) in [7, 11) is 0. The van der Waals surface area contributed by atoms with Gasteiger partial charge in [0.25, 0.3) is 0 Å². The second kappa shape index (κ2) is 8.08. The smallest absolute Gasteiger partial charge is 0.0553 e. The highest BCUT2D eigenvalue weighted by Crippen LogP contribution is 2.23. The molecule has 3 heteroatoms. The maximum Gasteiger partial charge on any atom is 0.0553 e. The highest BCUT2D eigenvalue weighted by molar-refractivity contribution is 6.22. The summed E-state index contributed by atoms with van der Waals surface area (Å²) in [5, 5.41) is 13.4. The fourth-order valence-corrected chi connectivity index (χ4v) is 3.23. The van der Waals surface area contributed by atoms with Crippen molar-refractivity contribution in [1.82, 2.24) is 5.32 Å². The van der Waals surface area contributed by atoms with E-state index in [1.54, 1.807) is 0 Å². The molecule has 0 heterocycles. The van der Waals surface area contributed by atoms with Gasteiger partial charge in [-0.25, -0.2) is 0 Å². The van der Waals surface area contributed by atoms with E-state index in [2.05, 4.69) is 23.5 Å². The fourth-order valence-electron chi connectivity index (χ4n) is 3.07. The molecule has 1 saturated carbocycles. The number of rotatable bonds is 4. The van der Waals surface area contributed by atoms with Crippen molar-refractivity contribution in [1.29, 1.82) is 0 Å². The van der Waals surface area contributed by atoms with Crippen LogP contribution in [0, 0.1) is 5.92 Å². The van der Waals surface area contributed by atoms with Crippen LogP contribution in [-0.4, -0.2) is 29.7 Å². The zero-order valence-electron chi connectivity index (χ0n) is 11.7. The van der Waals surface area contributed by atoms with Crippen LogP contribution in [0.25, 0.3) is 0 Å². The molecule has 0 aromatic carbocycles. The van der Waals surface area contributed by atoms with Gasteiger partial charge in [-0.3, -0.25) is 0 Å². The van der Waals surface area contributed by atoms with Crippen LogP contribution in [0.3, 0.4) is 0 Å². The Kier molecular flexibility index (Phi) is 6.42. The predicted octanol–water partition coefficient (Wildman–Crippen LogP) is 3.40. The van der Waals surface area contributed by atoms with Gasteiger partial charge in [-0.1, -0.05) is 43.9 Å². The summed E-state index contributed by atoms with van der Waals surface area (Å²) in [6.07, 6.45) is 14.9. The van der Waals surface area contributed by atoms with Crippen molar-refractivity contribution >= 4 is 11.6 Å². The Balaban J connectivity index is 1.83. The number of halogens is 1. The summed E-state index contributed by atoms with van der Waals surface area (Å²) in [6.45, 7) is 1.22. The third-order valence-corrected chi connectivity index (χ3v) is 4.66. The minimum atomic E-state index is 0.162. The molecule has 0 radical (unpaired) electrons. The summed E-state index contributed by atoms with van der Waals surface area (Å²) >= 11 is 6.03. The summed E-state index contributed by atoms with van der Waals surface area (Å²) in [4.78, 5) is 0. The van der Waals surface area contributed by atoms with Crippen LogP contribution in [0.15, 0.2) is 23.8 Å². The van der Waals surface area contributed by atoms with Gasteiger partial charge in [-0.2, -0.15) is 0 Å². The van der Waals surface area contributed by atoms with Crippen LogP contribution >= 0.6 is 11.6 Å². The van der Waals surface area contributed by atoms with Gasteiger partial charge in [-0.15, -0.1) is 11.6 Å². The molecule has 0 spiro atoms. The molecular formula is C16H26ClNO. The van der Waals surface area contributed by atoms with Gasteiger partial charge in [0.05, 0.1) is 5.38 Å². The molecule has 2 rings (SSSR count). The average molecular weight is 284 g/mol. The maximum atomic E-state index is 9.56. The second-order valence-electron chi connectivity index (χ2n) is 5.81. The van der Waals surface area contributed by atoms with Crippen molar-refractivity contribution < 1.29 is 5.11 Å². The summed E-state index contributed by atoms with van der Waals surface area (Å²) in [5.41, 5.74) is 1.33. The minimum Gasteiger partial charge on any atom is -0.396 e. The van der Waals surface area contributed by atoms with Crippen molar-refractivity contribution in [2.24, 2.45) is 5.92 Å². The molecule has 19 heavy (non-hydrogen) atoms. The van der Waals surface area contributed by atoms with Crippen LogP contribution in [0.5, 0.6) is 0 Å². The Morgan fingerprint density at radius 1 is 1.21 bits per heavy atom. The van der Waals surface area contributed by atoms with Gasteiger partial charge in [0.2, 0.25) is 0 Å². The largest absolute Gasteiger partial charge is 0.396 e. The number of hydrogen-bond acceptors (Lipinski definition) is 2. The first-order valence-electron chi connectivity index (χ1n) is 7.65. The zero-order chi connectivity index (χ0) is 13.5.